The Morgan fingerprint density at radius 1 is 1.08 bits per heavy atom. The second-order valence-corrected chi connectivity index (χ2v) is 11.6. The number of nitrogens with zero attached hydrogens (tertiary/aromatic N) is 3. The fourth-order valence-corrected chi connectivity index (χ4v) is 4.27. The summed E-state index contributed by atoms with van der Waals surface area (Å²) in [5.41, 5.74) is -0.823. The van der Waals surface area contributed by atoms with Gasteiger partial charge in [0.25, 0.3) is 5.56 Å². The number of aliphatic hydroxyl groups is 1. The van der Waals surface area contributed by atoms with E-state index >= 15 is 0 Å². The third kappa shape index (κ3) is 10.8. The number of fused-ring (bicyclic) bond motifs is 1. The summed E-state index contributed by atoms with van der Waals surface area (Å²) in [4.78, 5) is 51.4. The minimum absolute atomic E-state index is 0.00550. The number of likely N-dealkylation sites (N-methyl/N-ethyl adjacent to an activating group) is 1. The molecule has 0 bridgehead atoms. The molecule has 2 atom stereocenters. The van der Waals surface area contributed by atoms with Gasteiger partial charge in [-0.1, -0.05) is 6.08 Å². The molecule has 2 unspecified atom stereocenters. The molecule has 0 fully saturated rings. The lowest BCUT2D eigenvalue weighted by Gasteiger charge is -2.30. The van der Waals surface area contributed by atoms with Gasteiger partial charge >= 0.3 is 6.09 Å². The van der Waals surface area contributed by atoms with Crippen LogP contribution >= 0.6 is 0 Å². The minimum Gasteiger partial charge on any atom is -0.486 e. The lowest BCUT2D eigenvalue weighted by molar-refractivity contribution is -0.123. The lowest BCUT2D eigenvalue weighted by atomic mass is 9.74. The lowest BCUT2D eigenvalue weighted by Crippen LogP contribution is -2.45. The van der Waals surface area contributed by atoms with Gasteiger partial charge in [-0.3, -0.25) is 14.4 Å². The fourth-order valence-electron chi connectivity index (χ4n) is 4.27. The van der Waals surface area contributed by atoms with Gasteiger partial charge in [-0.25, -0.2) is 18.0 Å². The van der Waals surface area contributed by atoms with Gasteiger partial charge in [-0.2, -0.15) is 0 Å². The standard InChI is InChI=1S/C22H16F3N3O3.C12H21BN2O4/c23-15-4-3-13(18(25)8-15)11-31-20-9-16(24)6-14-7-17(27-21(14)20)10-28-5-1-2-19(22(28)30)26-12-29;1-9(19-11(17)15(4)5)12(13,18)8-6-7-10(16)14(2)3/h1-9,12,27H,10-11H2,(H,26,29);6-7,9,18H,8H2,1-5H3/b;7-6+. The van der Waals surface area contributed by atoms with E-state index in [9.17, 15) is 37.5 Å². The van der Waals surface area contributed by atoms with Gasteiger partial charge in [0.1, 0.15) is 49.4 Å². The van der Waals surface area contributed by atoms with Crippen molar-refractivity contribution in [3.63, 3.8) is 0 Å². The van der Waals surface area contributed by atoms with Crippen LogP contribution in [0.25, 0.3) is 10.9 Å². The summed E-state index contributed by atoms with van der Waals surface area (Å²) in [7, 11) is 11.9. The highest BCUT2D eigenvalue weighted by atomic mass is 19.1. The van der Waals surface area contributed by atoms with Crippen LogP contribution in [0, 0.1) is 17.5 Å². The number of aromatic amines is 1. The average Bonchev–Trinajstić information content (AvgIpc) is 3.44. The van der Waals surface area contributed by atoms with Crippen LogP contribution in [0.4, 0.5) is 23.7 Å². The summed E-state index contributed by atoms with van der Waals surface area (Å²) in [5.74, 6) is -2.08. The van der Waals surface area contributed by atoms with Gasteiger partial charge in [0.15, 0.2) is 0 Å². The number of benzene rings is 2. The molecule has 12 nitrogen and oxygen atoms in total. The van der Waals surface area contributed by atoms with E-state index in [0.717, 1.165) is 18.2 Å². The van der Waals surface area contributed by atoms with E-state index < -0.39 is 40.7 Å². The molecule has 50 heavy (non-hydrogen) atoms. The number of aromatic nitrogens is 2. The maximum Gasteiger partial charge on any atom is 0.409 e. The first-order valence-corrected chi connectivity index (χ1v) is 15.1. The van der Waals surface area contributed by atoms with Gasteiger partial charge in [0.05, 0.1) is 17.6 Å². The van der Waals surface area contributed by atoms with E-state index in [-0.39, 0.29) is 42.5 Å². The zero-order valence-electron chi connectivity index (χ0n) is 28.1. The van der Waals surface area contributed by atoms with Crippen molar-refractivity contribution >= 4 is 42.8 Å². The second kappa shape index (κ2) is 17.2. The van der Waals surface area contributed by atoms with E-state index in [4.69, 9.17) is 17.3 Å². The zero-order chi connectivity index (χ0) is 37.2. The van der Waals surface area contributed by atoms with Crippen LogP contribution in [0.1, 0.15) is 24.6 Å². The van der Waals surface area contributed by atoms with Crippen molar-refractivity contribution in [3.8, 4) is 5.75 Å². The SMILES string of the molecule is O=CNc1cccn(Cc2cc3cc(F)cc(OCc4ccc(F)cc4F)c3[nH]2)c1=O.[B]C(O)(C/C=C/C(=O)N(C)C)C(C)OC(=O)N(C)C. The summed E-state index contributed by atoms with van der Waals surface area (Å²) in [6.07, 6.45) is 3.22. The van der Waals surface area contributed by atoms with Crippen LogP contribution in [0.5, 0.6) is 5.75 Å². The summed E-state index contributed by atoms with van der Waals surface area (Å²) in [5, 5.41) is 12.8. The molecule has 264 valence electrons. The number of halogens is 3. The van der Waals surface area contributed by atoms with Crippen molar-refractivity contribution in [2.24, 2.45) is 0 Å². The number of amides is 3. The molecule has 4 rings (SSSR count). The van der Waals surface area contributed by atoms with Crippen molar-refractivity contribution in [1.82, 2.24) is 19.4 Å². The first-order chi connectivity index (χ1) is 23.5. The minimum atomic E-state index is -1.73. The molecular weight excluding hydrogens is 658 g/mol. The number of rotatable bonds is 12. The Morgan fingerprint density at radius 3 is 2.44 bits per heavy atom. The topological polar surface area (TPSA) is 146 Å². The van der Waals surface area contributed by atoms with E-state index in [1.54, 1.807) is 32.4 Å². The van der Waals surface area contributed by atoms with Crippen molar-refractivity contribution in [3.05, 3.63) is 106 Å². The van der Waals surface area contributed by atoms with Crippen LogP contribution < -0.4 is 15.6 Å². The number of carbonyl (C=O) groups is 3. The predicted molar refractivity (Wildman–Crippen MR) is 181 cm³/mol. The number of H-pyrrole nitrogens is 1. The highest BCUT2D eigenvalue weighted by Gasteiger charge is 2.30. The number of anilines is 1. The highest BCUT2D eigenvalue weighted by Crippen LogP contribution is 2.29. The van der Waals surface area contributed by atoms with E-state index in [2.05, 4.69) is 10.3 Å². The molecule has 3 N–H and O–H groups in total. The van der Waals surface area contributed by atoms with Gasteiger partial charge in [-0.15, -0.1) is 0 Å². The molecule has 2 heterocycles. The maximum absolute atomic E-state index is 14.1. The summed E-state index contributed by atoms with van der Waals surface area (Å²) < 4.78 is 52.9. The zero-order valence-corrected chi connectivity index (χ0v) is 28.1. The van der Waals surface area contributed by atoms with Crippen LogP contribution in [0.3, 0.4) is 0 Å². The number of pyridine rings is 1. The highest BCUT2D eigenvalue weighted by molar-refractivity contribution is 6.15. The number of carbonyl (C=O) groups excluding carboxylic acids is 3. The van der Waals surface area contributed by atoms with Crippen molar-refractivity contribution in [2.45, 2.75) is 38.1 Å². The normalized spacial score (nSPS) is 12.7. The molecule has 0 aliphatic rings. The largest absolute Gasteiger partial charge is 0.486 e. The first kappa shape index (κ1) is 38.9. The van der Waals surface area contributed by atoms with Crippen LogP contribution in [0.15, 0.2) is 71.7 Å². The van der Waals surface area contributed by atoms with Crippen LogP contribution in [-0.2, 0) is 27.5 Å². The quantitative estimate of drug-likeness (QED) is 0.116. The number of hydrogen-bond donors (Lipinski definition) is 3. The Bertz CT molecular complexity index is 1910. The van der Waals surface area contributed by atoms with Crippen LogP contribution in [-0.4, -0.2) is 90.5 Å². The number of ether oxygens (including phenoxy) is 2. The summed E-state index contributed by atoms with van der Waals surface area (Å²) >= 11 is 0. The Hall–Kier alpha value is -5.51. The van der Waals surface area contributed by atoms with E-state index in [0.29, 0.717) is 23.0 Å². The summed E-state index contributed by atoms with van der Waals surface area (Å²) in [6.45, 7) is 1.40. The third-order valence-electron chi connectivity index (χ3n) is 7.18. The Labute approximate surface area is 287 Å². The molecule has 0 saturated heterocycles. The van der Waals surface area contributed by atoms with Crippen molar-refractivity contribution in [1.29, 1.82) is 0 Å². The molecule has 2 radical (unpaired) electrons. The average molecular weight is 696 g/mol. The molecule has 0 aliphatic heterocycles. The maximum atomic E-state index is 14.1. The van der Waals surface area contributed by atoms with E-state index in [1.165, 1.54) is 65.7 Å². The Balaban J connectivity index is 0.000000308. The van der Waals surface area contributed by atoms with E-state index in [1.807, 2.05) is 0 Å². The molecule has 0 spiro atoms. The van der Waals surface area contributed by atoms with Gasteiger partial charge in [-0.05, 0) is 55.8 Å². The molecule has 4 aromatic rings. The molecule has 16 heteroatoms. The monoisotopic (exact) mass is 695 g/mol. The van der Waals surface area contributed by atoms with Crippen molar-refractivity contribution < 1.29 is 42.1 Å². The Kier molecular flexibility index (Phi) is 13.4. The molecule has 3 amide bonds. The van der Waals surface area contributed by atoms with Gasteiger partial charge in [0.2, 0.25) is 12.3 Å². The first-order valence-electron chi connectivity index (χ1n) is 15.1. The number of hydrogen-bond acceptors (Lipinski definition) is 7. The third-order valence-corrected chi connectivity index (χ3v) is 7.18. The summed E-state index contributed by atoms with van der Waals surface area (Å²) in [6, 6.07) is 10.3. The number of nitrogens with one attached hydrogen (secondary N) is 2. The molecule has 0 aliphatic carbocycles. The van der Waals surface area contributed by atoms with Gasteiger partial charge < -0.3 is 39.2 Å². The molecule has 2 aromatic carbocycles. The second-order valence-electron chi connectivity index (χ2n) is 11.6. The molecule has 2 aromatic heterocycles. The fraction of sp³-hybridized carbons (Fsp3) is 0.294. The Morgan fingerprint density at radius 2 is 1.80 bits per heavy atom. The predicted octanol–water partition coefficient (Wildman–Crippen LogP) is 3.91. The van der Waals surface area contributed by atoms with Crippen LogP contribution in [0.2, 0.25) is 0 Å². The van der Waals surface area contributed by atoms with Crippen molar-refractivity contribution in [2.75, 3.05) is 33.5 Å². The smallest absolute Gasteiger partial charge is 0.409 e. The van der Waals surface area contributed by atoms with Gasteiger partial charge in [0, 0.05) is 63.2 Å². The molecule has 0 saturated carbocycles. The molecular formula is C34H37BF3N5O7.